The first-order valence-electron chi connectivity index (χ1n) is 3.71. The molecule has 0 aliphatic rings. The molecule has 0 unspecified atom stereocenters. The third-order valence-electron chi connectivity index (χ3n) is 1.31. The van der Waals surface area contributed by atoms with E-state index in [2.05, 4.69) is 14.7 Å². The highest BCUT2D eigenvalue weighted by Gasteiger charge is 2.04. The van der Waals surface area contributed by atoms with Gasteiger partial charge >= 0.3 is 5.97 Å². The van der Waals surface area contributed by atoms with Crippen molar-refractivity contribution in [3.8, 4) is 0 Å². The Morgan fingerprint density at radius 2 is 2.29 bits per heavy atom. The van der Waals surface area contributed by atoms with E-state index in [-0.39, 0.29) is 23.5 Å². The molecule has 14 heavy (non-hydrogen) atoms. The highest BCUT2D eigenvalue weighted by molar-refractivity contribution is 7.99. The summed E-state index contributed by atoms with van der Waals surface area (Å²) in [4.78, 5) is 18.4. The first kappa shape index (κ1) is 10.6. The fourth-order valence-electron chi connectivity index (χ4n) is 0.727. The quantitative estimate of drug-likeness (QED) is 0.411. The minimum Gasteiger partial charge on any atom is -0.468 e. The Kier molecular flexibility index (Phi) is 3.52. The average molecular weight is 214 g/mol. The number of carbonyl (C=O) groups is 1. The molecule has 0 bridgehead atoms. The molecule has 6 nitrogen and oxygen atoms in total. The van der Waals surface area contributed by atoms with Gasteiger partial charge in [0.15, 0.2) is 0 Å². The van der Waals surface area contributed by atoms with Crippen molar-refractivity contribution in [3.63, 3.8) is 0 Å². The lowest BCUT2D eigenvalue weighted by Crippen LogP contribution is -2.05. The highest BCUT2D eigenvalue weighted by atomic mass is 32.2. The Morgan fingerprint density at radius 1 is 1.57 bits per heavy atom. The van der Waals surface area contributed by atoms with E-state index in [1.165, 1.54) is 18.9 Å². The van der Waals surface area contributed by atoms with Crippen LogP contribution in [0.15, 0.2) is 11.1 Å². The van der Waals surface area contributed by atoms with E-state index < -0.39 is 0 Å². The topological polar surface area (TPSA) is 104 Å². The number of ether oxygens (including phenoxy) is 1. The number of nitrogens with two attached hydrogens (primary N) is 2. The smallest absolute Gasteiger partial charge is 0.316 e. The molecule has 1 rings (SSSR count). The Bertz CT molecular complexity index is 324. The second-order valence-electron chi connectivity index (χ2n) is 2.35. The molecule has 0 saturated heterocycles. The maximum atomic E-state index is 10.8. The van der Waals surface area contributed by atoms with Gasteiger partial charge in [0.05, 0.1) is 12.9 Å². The van der Waals surface area contributed by atoms with Gasteiger partial charge in [0.2, 0.25) is 5.95 Å². The molecule has 0 aromatic carbocycles. The van der Waals surface area contributed by atoms with Crippen molar-refractivity contribution >= 4 is 29.5 Å². The van der Waals surface area contributed by atoms with Gasteiger partial charge in [-0.25, -0.2) is 4.98 Å². The van der Waals surface area contributed by atoms with Crippen molar-refractivity contribution in [2.45, 2.75) is 5.03 Å². The van der Waals surface area contributed by atoms with Crippen LogP contribution in [-0.2, 0) is 9.53 Å². The van der Waals surface area contributed by atoms with Crippen LogP contribution in [0.5, 0.6) is 0 Å². The van der Waals surface area contributed by atoms with Crippen LogP contribution in [0.4, 0.5) is 11.8 Å². The molecule has 0 saturated carbocycles. The van der Waals surface area contributed by atoms with Crippen LogP contribution in [0.1, 0.15) is 0 Å². The van der Waals surface area contributed by atoms with Crippen LogP contribution in [0.2, 0.25) is 0 Å². The van der Waals surface area contributed by atoms with E-state index in [4.69, 9.17) is 11.5 Å². The standard InChI is InChI=1S/C7H10N4O2S/c1-13-6(12)3-14-5-2-4(8)10-7(9)11-5/h2H,3H2,1H3,(H4,8,9,10,11). The summed E-state index contributed by atoms with van der Waals surface area (Å²) in [6.07, 6.45) is 0. The number of rotatable bonds is 3. The minimum atomic E-state index is -0.328. The third kappa shape index (κ3) is 3.09. The first-order valence-corrected chi connectivity index (χ1v) is 4.70. The normalized spacial score (nSPS) is 9.79. The molecule has 7 heteroatoms. The summed E-state index contributed by atoms with van der Waals surface area (Å²) in [6, 6.07) is 1.55. The maximum absolute atomic E-state index is 10.8. The SMILES string of the molecule is COC(=O)CSc1cc(N)nc(N)n1. The molecule has 1 heterocycles. The average Bonchev–Trinajstić information content (AvgIpc) is 2.12. The zero-order valence-corrected chi connectivity index (χ0v) is 8.37. The fourth-order valence-corrected chi connectivity index (χ4v) is 1.47. The molecular weight excluding hydrogens is 204 g/mol. The summed E-state index contributed by atoms with van der Waals surface area (Å²) < 4.78 is 4.47. The van der Waals surface area contributed by atoms with Crippen LogP contribution >= 0.6 is 11.8 Å². The number of thioether (sulfide) groups is 1. The second-order valence-corrected chi connectivity index (χ2v) is 3.35. The number of hydrogen-bond donors (Lipinski definition) is 2. The fraction of sp³-hybridized carbons (Fsp3) is 0.286. The second kappa shape index (κ2) is 4.66. The van der Waals surface area contributed by atoms with Gasteiger partial charge in [-0.05, 0) is 0 Å². The molecule has 0 atom stereocenters. The lowest BCUT2D eigenvalue weighted by Gasteiger charge is -2.01. The number of nitrogen functional groups attached to an aromatic ring is 2. The van der Waals surface area contributed by atoms with Gasteiger partial charge in [0.1, 0.15) is 10.8 Å². The lowest BCUT2D eigenvalue weighted by atomic mass is 10.6. The first-order chi connectivity index (χ1) is 6.61. The Balaban J connectivity index is 2.63. The largest absolute Gasteiger partial charge is 0.468 e. The molecule has 0 aliphatic heterocycles. The molecule has 1 aromatic heterocycles. The monoisotopic (exact) mass is 214 g/mol. The van der Waals surface area contributed by atoms with Gasteiger partial charge in [-0.15, -0.1) is 0 Å². The highest BCUT2D eigenvalue weighted by Crippen LogP contribution is 2.17. The molecule has 76 valence electrons. The van der Waals surface area contributed by atoms with E-state index in [0.717, 1.165) is 0 Å². The molecule has 0 fully saturated rings. The van der Waals surface area contributed by atoms with Gasteiger partial charge < -0.3 is 16.2 Å². The molecule has 0 spiro atoms. The van der Waals surface area contributed by atoms with Crippen molar-refractivity contribution in [3.05, 3.63) is 6.07 Å². The van der Waals surface area contributed by atoms with Gasteiger partial charge in [0, 0.05) is 6.07 Å². The van der Waals surface area contributed by atoms with E-state index in [9.17, 15) is 4.79 Å². The van der Waals surface area contributed by atoms with E-state index in [1.54, 1.807) is 6.07 Å². The van der Waals surface area contributed by atoms with Crippen molar-refractivity contribution < 1.29 is 9.53 Å². The summed E-state index contributed by atoms with van der Waals surface area (Å²) in [5.74, 6) is 0.222. The number of methoxy groups -OCH3 is 1. The van der Waals surface area contributed by atoms with Gasteiger partial charge in [0.25, 0.3) is 0 Å². The lowest BCUT2D eigenvalue weighted by molar-refractivity contribution is -0.137. The Morgan fingerprint density at radius 3 is 2.86 bits per heavy atom. The number of carbonyl (C=O) groups excluding carboxylic acids is 1. The van der Waals surface area contributed by atoms with E-state index in [1.807, 2.05) is 0 Å². The summed E-state index contributed by atoms with van der Waals surface area (Å²) in [5.41, 5.74) is 10.8. The van der Waals surface area contributed by atoms with Crippen LogP contribution in [0.25, 0.3) is 0 Å². The molecule has 0 amide bonds. The third-order valence-corrected chi connectivity index (χ3v) is 2.19. The summed E-state index contributed by atoms with van der Waals surface area (Å²) >= 11 is 1.20. The van der Waals surface area contributed by atoms with Crippen molar-refractivity contribution in [1.82, 2.24) is 9.97 Å². The van der Waals surface area contributed by atoms with E-state index >= 15 is 0 Å². The number of aromatic nitrogens is 2. The Hall–Kier alpha value is -1.50. The van der Waals surface area contributed by atoms with Gasteiger partial charge in [-0.2, -0.15) is 4.98 Å². The number of esters is 1. The minimum absolute atomic E-state index is 0.0948. The predicted octanol–water partition coefficient (Wildman–Crippen LogP) is -0.0939. The molecule has 4 N–H and O–H groups in total. The molecule has 1 aromatic rings. The zero-order chi connectivity index (χ0) is 10.6. The number of anilines is 2. The predicted molar refractivity (Wildman–Crippen MR) is 53.6 cm³/mol. The van der Waals surface area contributed by atoms with Crippen LogP contribution in [-0.4, -0.2) is 28.8 Å². The maximum Gasteiger partial charge on any atom is 0.316 e. The summed E-state index contributed by atoms with van der Waals surface area (Å²) in [6.45, 7) is 0. The zero-order valence-electron chi connectivity index (χ0n) is 7.56. The van der Waals surface area contributed by atoms with Gasteiger partial charge in [-0.3, -0.25) is 4.79 Å². The van der Waals surface area contributed by atoms with E-state index in [0.29, 0.717) is 5.03 Å². The summed E-state index contributed by atoms with van der Waals surface area (Å²) in [7, 11) is 1.32. The van der Waals surface area contributed by atoms with Crippen molar-refractivity contribution in [2.75, 3.05) is 24.3 Å². The summed E-state index contributed by atoms with van der Waals surface area (Å²) in [5, 5.41) is 0.556. The van der Waals surface area contributed by atoms with Crippen LogP contribution < -0.4 is 11.5 Å². The van der Waals surface area contributed by atoms with Crippen LogP contribution in [0, 0.1) is 0 Å². The number of nitrogens with zero attached hydrogens (tertiary/aromatic N) is 2. The molecule has 0 radical (unpaired) electrons. The number of hydrogen-bond acceptors (Lipinski definition) is 7. The van der Waals surface area contributed by atoms with Crippen molar-refractivity contribution in [2.24, 2.45) is 0 Å². The van der Waals surface area contributed by atoms with Crippen molar-refractivity contribution in [1.29, 1.82) is 0 Å². The molecule has 0 aliphatic carbocycles. The Labute approximate surface area is 85.0 Å². The molecular formula is C7H10N4O2S. The van der Waals surface area contributed by atoms with Gasteiger partial charge in [-0.1, -0.05) is 11.8 Å². The van der Waals surface area contributed by atoms with Crippen LogP contribution in [0.3, 0.4) is 0 Å².